The number of rotatable bonds is 14. The van der Waals surface area contributed by atoms with Crippen LogP contribution >= 0.6 is 0 Å². The van der Waals surface area contributed by atoms with Gasteiger partial charge in [-0.1, -0.05) is 61.0 Å². The van der Waals surface area contributed by atoms with Crippen LogP contribution in [0, 0.1) is 0 Å². The van der Waals surface area contributed by atoms with E-state index in [9.17, 15) is 24.6 Å². The fraction of sp³-hybridized carbons (Fsp3) is 0.326. The number of H-pyrrole nitrogens is 1. The zero-order chi connectivity index (χ0) is 38.3. The van der Waals surface area contributed by atoms with Crippen molar-refractivity contribution in [1.29, 1.82) is 0 Å². The number of halogens is 2. The predicted molar refractivity (Wildman–Crippen MR) is 218 cm³/mol. The van der Waals surface area contributed by atoms with E-state index < -0.39 is 18.0 Å². The fourth-order valence-corrected chi connectivity index (χ4v) is 7.44. The Morgan fingerprint density at radius 2 is 1.68 bits per heavy atom. The number of aryl methyl sites for hydroxylation is 2. The van der Waals surface area contributed by atoms with E-state index in [1.807, 2.05) is 60.7 Å². The molecule has 4 aromatic carbocycles. The van der Waals surface area contributed by atoms with Crippen LogP contribution in [0.25, 0.3) is 33.1 Å². The molecule has 7 rings (SSSR count). The van der Waals surface area contributed by atoms with Crippen molar-refractivity contribution in [2.45, 2.75) is 82.7 Å². The van der Waals surface area contributed by atoms with Gasteiger partial charge in [-0.2, -0.15) is 0 Å². The summed E-state index contributed by atoms with van der Waals surface area (Å²) in [5.74, 6) is -0.462. The van der Waals surface area contributed by atoms with Crippen LogP contribution in [0.4, 0.5) is 19.9 Å². The Bertz CT molecular complexity index is 2390. The van der Waals surface area contributed by atoms with E-state index in [4.69, 9.17) is 14.9 Å². The predicted octanol–water partition coefficient (Wildman–Crippen LogP) is 7.17. The van der Waals surface area contributed by atoms with Crippen LogP contribution in [0.3, 0.4) is 0 Å². The lowest BCUT2D eigenvalue weighted by Gasteiger charge is -2.26. The number of aromatic nitrogens is 2. The summed E-state index contributed by atoms with van der Waals surface area (Å²) in [5, 5.41) is 27.8. The monoisotopic (exact) mass is 785 g/mol. The topological polar surface area (TPSA) is 185 Å². The van der Waals surface area contributed by atoms with Crippen LogP contribution in [-0.2, 0) is 24.2 Å². The molecule has 14 heteroatoms. The maximum atomic E-state index is 13.0. The number of aliphatic hydroxyl groups is 1. The third-order valence-corrected chi connectivity index (χ3v) is 10.4. The molecule has 1 amide bonds. The number of hydrogen-bond acceptors (Lipinski definition) is 9. The number of aromatic hydroxyl groups is 1. The molecule has 302 valence electrons. The number of aromatic amines is 1. The van der Waals surface area contributed by atoms with Crippen LogP contribution in [0.2, 0.25) is 0 Å². The molecule has 1 aliphatic rings. The molecule has 1 atom stereocenters. The van der Waals surface area contributed by atoms with Crippen LogP contribution < -0.4 is 27.7 Å². The molecule has 2 aromatic heterocycles. The highest BCUT2D eigenvalue weighted by atomic mass is 19.0. The lowest BCUT2D eigenvalue weighted by atomic mass is 9.94. The number of carbonyl (C=O) groups is 1. The number of unbranched alkanes of at least 4 members (excludes halogenated alkanes) is 2. The van der Waals surface area contributed by atoms with Crippen molar-refractivity contribution < 1.29 is 33.6 Å². The van der Waals surface area contributed by atoms with Crippen molar-refractivity contribution in [3.8, 4) is 16.9 Å². The Morgan fingerprint density at radius 3 is 2.47 bits per heavy atom. The molecular formula is C43H49F2N5O7. The zero-order valence-corrected chi connectivity index (χ0v) is 31.4. The number of anilines is 1. The Labute approximate surface area is 327 Å². The summed E-state index contributed by atoms with van der Waals surface area (Å²) in [6, 6.07) is 28.0. The number of phenolic OH excluding ortho intramolecular Hbond substituents is 1. The van der Waals surface area contributed by atoms with Crippen LogP contribution in [0.5, 0.6) is 5.75 Å². The number of aliphatic hydroxyl groups excluding tert-OH is 1. The summed E-state index contributed by atoms with van der Waals surface area (Å²) in [5.41, 5.74) is 12.4. The van der Waals surface area contributed by atoms with Gasteiger partial charge in [-0.25, -0.2) is 9.59 Å². The second-order valence-electron chi connectivity index (χ2n) is 14.4. The molecule has 0 aliphatic heterocycles. The number of ether oxygens (including phenoxy) is 1. The summed E-state index contributed by atoms with van der Waals surface area (Å²) in [6.45, 7) is 1.17. The van der Waals surface area contributed by atoms with Crippen molar-refractivity contribution in [2.75, 3.05) is 11.9 Å². The molecule has 0 bridgehead atoms. The van der Waals surface area contributed by atoms with Gasteiger partial charge in [0.2, 0.25) is 5.56 Å². The van der Waals surface area contributed by atoms with Crippen LogP contribution in [0.1, 0.15) is 67.7 Å². The Morgan fingerprint density at radius 1 is 0.912 bits per heavy atom. The van der Waals surface area contributed by atoms with Gasteiger partial charge in [-0.3, -0.25) is 24.1 Å². The second kappa shape index (κ2) is 19.4. The number of nitrogens with zero attached hydrogens (tertiary/aromatic N) is 1. The van der Waals surface area contributed by atoms with Crippen LogP contribution in [0.15, 0.2) is 105 Å². The molecule has 0 radical (unpaired) electrons. The van der Waals surface area contributed by atoms with E-state index in [1.54, 1.807) is 16.7 Å². The number of carbonyl (C=O) groups excluding carboxylic acids is 1. The van der Waals surface area contributed by atoms with E-state index >= 15 is 0 Å². The van der Waals surface area contributed by atoms with Crippen molar-refractivity contribution in [1.82, 2.24) is 14.9 Å². The quantitative estimate of drug-likeness (QED) is 0.0624. The van der Waals surface area contributed by atoms with Crippen molar-refractivity contribution in [3.63, 3.8) is 0 Å². The molecule has 12 nitrogen and oxygen atoms in total. The van der Waals surface area contributed by atoms with E-state index in [0.717, 1.165) is 79.1 Å². The van der Waals surface area contributed by atoms with Crippen molar-refractivity contribution in [3.05, 3.63) is 129 Å². The highest BCUT2D eigenvalue weighted by Crippen LogP contribution is 2.31. The maximum absolute atomic E-state index is 13.0. The molecule has 0 spiro atoms. The summed E-state index contributed by atoms with van der Waals surface area (Å²) >= 11 is 0. The molecule has 6 aromatic rings. The van der Waals surface area contributed by atoms with Gasteiger partial charge in [0.1, 0.15) is 11.9 Å². The lowest BCUT2D eigenvalue weighted by Crippen LogP contribution is -2.32. The second-order valence-corrected chi connectivity index (χ2v) is 14.4. The summed E-state index contributed by atoms with van der Waals surface area (Å²) in [7, 11) is 0. The number of amides is 1. The standard InChI is InChI=1S/C43H47N5O7.2FH/c44-30-12-14-31(15-13-30)54-42(52)46-35-23-27(10-16-32(35)29-8-4-1-5-9-29)7-3-2-6-22-48-36-19-11-28(24-39(36)55-43(48)53)25-45-26-38(50)33-17-20-37(49)41-34(33)18-21-40(51)47-41;;/h1,4-5,8-11,16-21,23-24,30-31,38,45,49-50H,2-3,6-7,12-15,22,25-26,44H2,(H,46,52)(H,47,51);2*1H/t30?,31?,38-;;/m0../s1. The van der Waals surface area contributed by atoms with Gasteiger partial charge in [-0.15, -0.1) is 0 Å². The number of nitrogens with two attached hydrogens (primary N) is 1. The zero-order valence-electron chi connectivity index (χ0n) is 31.4. The molecule has 1 saturated carbocycles. The highest BCUT2D eigenvalue weighted by molar-refractivity contribution is 5.92. The van der Waals surface area contributed by atoms with Crippen molar-refractivity contribution >= 4 is 33.8 Å². The first-order valence-electron chi connectivity index (χ1n) is 19.0. The largest absolute Gasteiger partial charge is 0.506 e. The normalized spacial score (nSPS) is 15.8. The van der Waals surface area contributed by atoms with Gasteiger partial charge >= 0.3 is 11.8 Å². The SMILES string of the molecule is F.F.NC1CCC(OC(=O)Nc2cc(CCCCCn3c(=O)oc4cc(CNC[C@H](O)c5ccc(O)c6[nH]c(=O)ccc56)ccc43)ccc2-c2ccccc2)CC1. The molecule has 1 aliphatic carbocycles. The molecule has 57 heavy (non-hydrogen) atoms. The molecular weight excluding hydrogens is 736 g/mol. The van der Waals surface area contributed by atoms with Crippen LogP contribution in [-0.4, -0.2) is 44.5 Å². The third kappa shape index (κ3) is 10.3. The molecule has 0 saturated heterocycles. The molecule has 7 N–H and O–H groups in total. The number of benzene rings is 4. The summed E-state index contributed by atoms with van der Waals surface area (Å²) in [4.78, 5) is 40.1. The van der Waals surface area contributed by atoms with Crippen molar-refractivity contribution in [2.24, 2.45) is 5.73 Å². The number of hydrogen-bond donors (Lipinski definition) is 6. The van der Waals surface area contributed by atoms with Gasteiger partial charge < -0.3 is 35.4 Å². The minimum absolute atomic E-state index is 0. The number of oxazole rings is 1. The molecule has 1 fully saturated rings. The van der Waals surface area contributed by atoms with Gasteiger partial charge in [-0.05, 0) is 97.5 Å². The number of pyridine rings is 1. The lowest BCUT2D eigenvalue weighted by molar-refractivity contribution is 0.0826. The van der Waals surface area contributed by atoms with Gasteiger partial charge in [0.25, 0.3) is 0 Å². The van der Waals surface area contributed by atoms with E-state index in [1.165, 1.54) is 12.1 Å². The number of nitrogens with one attached hydrogen (secondary N) is 3. The minimum Gasteiger partial charge on any atom is -0.506 e. The first-order chi connectivity index (χ1) is 26.7. The van der Waals surface area contributed by atoms with Gasteiger partial charge in [0, 0.05) is 42.7 Å². The average Bonchev–Trinajstić information content (AvgIpc) is 3.49. The Balaban J connectivity index is 0.00000310. The first-order valence-corrected chi connectivity index (χ1v) is 19.0. The average molecular weight is 786 g/mol. The van der Waals surface area contributed by atoms with E-state index in [-0.39, 0.29) is 44.9 Å². The Hall–Kier alpha value is -5.83. The molecule has 2 heterocycles. The highest BCUT2D eigenvalue weighted by Gasteiger charge is 2.22. The van der Waals surface area contributed by atoms with Gasteiger partial charge in [0.15, 0.2) is 5.58 Å². The molecule has 0 unspecified atom stereocenters. The summed E-state index contributed by atoms with van der Waals surface area (Å²) in [6.07, 6.45) is 5.21. The minimum atomic E-state index is -0.889. The smallest absolute Gasteiger partial charge is 0.419 e. The Kier molecular flexibility index (Phi) is 14.4. The number of phenols is 1. The van der Waals surface area contributed by atoms with E-state index in [2.05, 4.69) is 21.7 Å². The fourth-order valence-electron chi connectivity index (χ4n) is 7.44. The first kappa shape index (κ1) is 42.3. The maximum Gasteiger partial charge on any atom is 0.419 e. The summed E-state index contributed by atoms with van der Waals surface area (Å²) < 4.78 is 13.0. The third-order valence-electron chi connectivity index (χ3n) is 10.4. The number of fused-ring (bicyclic) bond motifs is 2. The van der Waals surface area contributed by atoms with Gasteiger partial charge in [0.05, 0.1) is 22.8 Å². The van der Waals surface area contributed by atoms with E-state index in [0.29, 0.717) is 35.3 Å².